The summed E-state index contributed by atoms with van der Waals surface area (Å²) in [7, 11) is -3.72. The Balaban J connectivity index is 1.28. The van der Waals surface area contributed by atoms with E-state index in [9.17, 15) is 18.0 Å². The number of nitrogens with one attached hydrogen (secondary N) is 1. The van der Waals surface area contributed by atoms with Crippen LogP contribution in [-0.4, -0.2) is 62.5 Å². The number of nitrogens with zero attached hydrogens (tertiary/aromatic N) is 2. The summed E-state index contributed by atoms with van der Waals surface area (Å²) >= 11 is 0. The van der Waals surface area contributed by atoms with Gasteiger partial charge in [0.1, 0.15) is 5.69 Å². The average molecular weight is 522 g/mol. The van der Waals surface area contributed by atoms with Crippen LogP contribution in [0.25, 0.3) is 22.4 Å². The van der Waals surface area contributed by atoms with Crippen molar-refractivity contribution in [3.05, 3.63) is 78.6 Å². The maximum atomic E-state index is 12.9. The Bertz CT molecular complexity index is 1550. The molecule has 0 bridgehead atoms. The first-order valence-corrected chi connectivity index (χ1v) is 12.9. The van der Waals surface area contributed by atoms with Crippen molar-refractivity contribution < 1.29 is 31.9 Å². The fourth-order valence-corrected chi connectivity index (χ4v) is 5.43. The van der Waals surface area contributed by atoms with E-state index in [0.29, 0.717) is 35.6 Å². The molecule has 190 valence electrons. The number of hydrogen-bond acceptors (Lipinski definition) is 8. The lowest BCUT2D eigenvalue weighted by molar-refractivity contribution is -0.119. The molecule has 3 heterocycles. The van der Waals surface area contributed by atoms with E-state index in [2.05, 4.69) is 10.3 Å². The summed E-state index contributed by atoms with van der Waals surface area (Å²) in [6, 6.07) is 18.0. The number of para-hydroxylation sites is 1. The Morgan fingerprint density at radius 1 is 1.00 bits per heavy atom. The number of benzene rings is 2. The summed E-state index contributed by atoms with van der Waals surface area (Å²) in [5.74, 6) is -0.825. The van der Waals surface area contributed by atoms with Crippen LogP contribution >= 0.6 is 0 Å². The van der Waals surface area contributed by atoms with Gasteiger partial charge in [-0.2, -0.15) is 4.31 Å². The topological polar surface area (TPSA) is 128 Å². The largest absolute Gasteiger partial charge is 0.463 e. The van der Waals surface area contributed by atoms with Crippen molar-refractivity contribution in [3.63, 3.8) is 0 Å². The molecule has 11 heteroatoms. The molecule has 1 N–H and O–H groups in total. The minimum atomic E-state index is -3.72. The predicted molar refractivity (Wildman–Crippen MR) is 134 cm³/mol. The standard InChI is InChI=1S/C26H23N3O7S/c30-25(27-18-5-3-6-19(15-18)37(32,33)29-10-13-34-14-11-29)17-36-26(31)21-16-23(24-9-4-12-35-24)28-22-8-2-1-7-20(21)22/h1-9,12,15-16H,10-11,13-14,17H2,(H,27,30). The van der Waals surface area contributed by atoms with E-state index in [1.54, 1.807) is 48.5 Å². The second kappa shape index (κ2) is 10.5. The molecule has 1 fully saturated rings. The van der Waals surface area contributed by atoms with Gasteiger partial charge in [0.2, 0.25) is 10.0 Å². The number of carbonyl (C=O) groups excluding carboxylic acids is 2. The van der Waals surface area contributed by atoms with Gasteiger partial charge in [0.15, 0.2) is 12.4 Å². The van der Waals surface area contributed by atoms with Crippen molar-refractivity contribution in [1.82, 2.24) is 9.29 Å². The molecule has 0 aliphatic carbocycles. The number of ether oxygens (including phenoxy) is 2. The highest BCUT2D eigenvalue weighted by Crippen LogP contribution is 2.26. The van der Waals surface area contributed by atoms with Gasteiger partial charge in [-0.1, -0.05) is 24.3 Å². The Hall–Kier alpha value is -4.06. The molecule has 2 aromatic heterocycles. The molecule has 2 aromatic carbocycles. The molecule has 4 aromatic rings. The second-order valence-electron chi connectivity index (χ2n) is 8.22. The predicted octanol–water partition coefficient (Wildman–Crippen LogP) is 3.31. The summed E-state index contributed by atoms with van der Waals surface area (Å²) < 4.78 is 43.0. The molecule has 10 nitrogen and oxygen atoms in total. The van der Waals surface area contributed by atoms with Crippen molar-refractivity contribution in [2.45, 2.75) is 4.90 Å². The number of aromatic nitrogens is 1. The highest BCUT2D eigenvalue weighted by Gasteiger charge is 2.26. The lowest BCUT2D eigenvalue weighted by Crippen LogP contribution is -2.40. The van der Waals surface area contributed by atoms with Crippen LogP contribution in [0, 0.1) is 0 Å². The maximum absolute atomic E-state index is 12.9. The van der Waals surface area contributed by atoms with Crippen LogP contribution in [0.3, 0.4) is 0 Å². The second-order valence-corrected chi connectivity index (χ2v) is 10.2. The quantitative estimate of drug-likeness (QED) is 0.367. The van der Waals surface area contributed by atoms with Crippen LogP contribution in [0.4, 0.5) is 5.69 Å². The Morgan fingerprint density at radius 2 is 1.81 bits per heavy atom. The Morgan fingerprint density at radius 3 is 2.59 bits per heavy atom. The molecule has 0 unspecified atom stereocenters. The van der Waals surface area contributed by atoms with E-state index in [-0.39, 0.29) is 29.2 Å². The number of amides is 1. The third kappa shape index (κ3) is 5.38. The van der Waals surface area contributed by atoms with Gasteiger partial charge in [-0.15, -0.1) is 0 Å². The minimum absolute atomic E-state index is 0.0536. The number of hydrogen-bond donors (Lipinski definition) is 1. The van der Waals surface area contributed by atoms with Crippen molar-refractivity contribution in [2.24, 2.45) is 0 Å². The number of carbonyl (C=O) groups is 2. The van der Waals surface area contributed by atoms with E-state index in [1.807, 2.05) is 0 Å². The molecule has 5 rings (SSSR count). The van der Waals surface area contributed by atoms with Gasteiger partial charge in [-0.3, -0.25) is 4.79 Å². The zero-order valence-corrected chi connectivity index (χ0v) is 20.4. The Kier molecular flexibility index (Phi) is 6.99. The fraction of sp³-hybridized carbons (Fsp3) is 0.192. The molecule has 37 heavy (non-hydrogen) atoms. The number of esters is 1. The van der Waals surface area contributed by atoms with Crippen LogP contribution in [0.2, 0.25) is 0 Å². The van der Waals surface area contributed by atoms with Gasteiger partial charge in [0.25, 0.3) is 5.91 Å². The minimum Gasteiger partial charge on any atom is -0.463 e. The van der Waals surface area contributed by atoms with Gasteiger partial charge in [-0.25, -0.2) is 18.2 Å². The summed E-state index contributed by atoms with van der Waals surface area (Å²) in [6.45, 7) is 0.625. The number of sulfonamides is 1. The van der Waals surface area contributed by atoms with Crippen LogP contribution in [0.5, 0.6) is 0 Å². The first-order chi connectivity index (χ1) is 17.9. The third-order valence-corrected chi connectivity index (χ3v) is 7.66. The van der Waals surface area contributed by atoms with E-state index in [4.69, 9.17) is 13.9 Å². The van der Waals surface area contributed by atoms with Crippen molar-refractivity contribution in [1.29, 1.82) is 0 Å². The summed E-state index contributed by atoms with van der Waals surface area (Å²) in [6.07, 6.45) is 1.51. The zero-order valence-electron chi connectivity index (χ0n) is 19.6. The Labute approximate surface area is 212 Å². The van der Waals surface area contributed by atoms with Gasteiger partial charge >= 0.3 is 5.97 Å². The van der Waals surface area contributed by atoms with Crippen molar-refractivity contribution in [2.75, 3.05) is 38.2 Å². The number of anilines is 1. The zero-order chi connectivity index (χ0) is 25.8. The molecular weight excluding hydrogens is 498 g/mol. The van der Waals surface area contributed by atoms with E-state index < -0.39 is 28.5 Å². The molecule has 0 saturated carbocycles. The number of pyridine rings is 1. The van der Waals surface area contributed by atoms with Crippen LogP contribution in [-0.2, 0) is 24.3 Å². The normalized spacial score (nSPS) is 14.4. The molecule has 0 atom stereocenters. The van der Waals surface area contributed by atoms with Crippen molar-refractivity contribution >= 4 is 38.5 Å². The maximum Gasteiger partial charge on any atom is 0.339 e. The molecule has 1 aliphatic rings. The average Bonchev–Trinajstić information content (AvgIpc) is 3.47. The highest BCUT2D eigenvalue weighted by atomic mass is 32.2. The molecular formula is C26H23N3O7S. The number of morpholine rings is 1. The third-order valence-electron chi connectivity index (χ3n) is 5.77. The van der Waals surface area contributed by atoms with Gasteiger partial charge in [-0.05, 0) is 42.5 Å². The van der Waals surface area contributed by atoms with E-state index in [0.717, 1.165) is 0 Å². The lowest BCUT2D eigenvalue weighted by Gasteiger charge is -2.26. The van der Waals surface area contributed by atoms with Crippen molar-refractivity contribution in [3.8, 4) is 11.5 Å². The number of furan rings is 1. The van der Waals surface area contributed by atoms with Gasteiger partial charge in [0.05, 0.1) is 35.5 Å². The molecule has 1 saturated heterocycles. The van der Waals surface area contributed by atoms with Gasteiger partial charge < -0.3 is 19.2 Å². The van der Waals surface area contributed by atoms with E-state index >= 15 is 0 Å². The van der Waals surface area contributed by atoms with E-state index in [1.165, 1.54) is 28.8 Å². The highest BCUT2D eigenvalue weighted by molar-refractivity contribution is 7.89. The molecule has 1 aliphatic heterocycles. The van der Waals surface area contributed by atoms with Crippen LogP contribution in [0.15, 0.2) is 82.3 Å². The summed E-state index contributed by atoms with van der Waals surface area (Å²) in [5.41, 5.74) is 1.54. The molecule has 1 amide bonds. The first-order valence-electron chi connectivity index (χ1n) is 11.5. The molecule has 0 radical (unpaired) electrons. The fourth-order valence-electron chi connectivity index (χ4n) is 3.97. The number of fused-ring (bicyclic) bond motifs is 1. The molecule has 0 spiro atoms. The first kappa shape index (κ1) is 24.6. The van der Waals surface area contributed by atoms with Gasteiger partial charge in [0, 0.05) is 24.2 Å². The lowest BCUT2D eigenvalue weighted by atomic mass is 10.1. The monoisotopic (exact) mass is 521 g/mol. The van der Waals surface area contributed by atoms with Crippen LogP contribution in [0.1, 0.15) is 10.4 Å². The smallest absolute Gasteiger partial charge is 0.339 e. The number of rotatable bonds is 7. The SMILES string of the molecule is O=C(COC(=O)c1cc(-c2ccco2)nc2ccccc12)Nc1cccc(S(=O)(=O)N2CCOCC2)c1. The van der Waals surface area contributed by atoms with Crippen LogP contribution < -0.4 is 5.32 Å². The summed E-state index contributed by atoms with van der Waals surface area (Å²) in [4.78, 5) is 30.1. The summed E-state index contributed by atoms with van der Waals surface area (Å²) in [5, 5.41) is 3.16.